The molecular formula is C51H98N2O6P+. The molecule has 0 saturated carbocycles. The molecule has 3 unspecified atom stereocenters. The highest BCUT2D eigenvalue weighted by molar-refractivity contribution is 7.47. The van der Waals surface area contributed by atoms with Crippen LogP contribution < -0.4 is 5.32 Å². The van der Waals surface area contributed by atoms with Gasteiger partial charge in [-0.15, -0.1) is 0 Å². The van der Waals surface area contributed by atoms with Crippen LogP contribution in [0, 0.1) is 0 Å². The van der Waals surface area contributed by atoms with Crippen LogP contribution in [0.1, 0.15) is 219 Å². The fourth-order valence-electron chi connectivity index (χ4n) is 7.04. The molecule has 1 amide bonds. The molecule has 0 radical (unpaired) electrons. The van der Waals surface area contributed by atoms with E-state index in [2.05, 4.69) is 55.6 Å². The number of aliphatic hydroxyl groups excluding tert-OH is 1. The lowest BCUT2D eigenvalue weighted by Gasteiger charge is -2.25. The molecule has 0 aromatic heterocycles. The highest BCUT2D eigenvalue weighted by Gasteiger charge is 2.27. The summed E-state index contributed by atoms with van der Waals surface area (Å²) in [7, 11) is 1.54. The molecule has 0 aromatic rings. The van der Waals surface area contributed by atoms with E-state index in [4.69, 9.17) is 9.05 Å². The van der Waals surface area contributed by atoms with Gasteiger partial charge in [-0.3, -0.25) is 13.8 Å². The van der Waals surface area contributed by atoms with Crippen molar-refractivity contribution in [2.45, 2.75) is 231 Å². The maximum atomic E-state index is 12.9. The van der Waals surface area contributed by atoms with Crippen molar-refractivity contribution in [3.63, 3.8) is 0 Å². The zero-order valence-electron chi connectivity index (χ0n) is 39.9. The zero-order valence-corrected chi connectivity index (χ0v) is 40.8. The number of phosphoric acid groups is 1. The molecular weight excluding hydrogens is 768 g/mol. The molecule has 0 aromatic carbocycles. The Hall–Kier alpha value is -1.54. The lowest BCUT2D eigenvalue weighted by atomic mass is 10.0. The van der Waals surface area contributed by atoms with Crippen molar-refractivity contribution in [2.24, 2.45) is 0 Å². The Kier molecular flexibility index (Phi) is 41.6. The van der Waals surface area contributed by atoms with E-state index in [1.807, 2.05) is 27.2 Å². The molecule has 352 valence electrons. The molecule has 0 spiro atoms. The number of hydrogen-bond donors (Lipinski definition) is 3. The summed E-state index contributed by atoms with van der Waals surface area (Å²) in [4.78, 5) is 23.1. The van der Waals surface area contributed by atoms with Crippen LogP contribution in [-0.4, -0.2) is 73.4 Å². The third-order valence-corrected chi connectivity index (χ3v) is 12.0. The van der Waals surface area contributed by atoms with Crippen molar-refractivity contribution in [3.05, 3.63) is 48.6 Å². The predicted octanol–water partition coefficient (Wildman–Crippen LogP) is 14.4. The third-order valence-electron chi connectivity index (χ3n) is 11.0. The summed E-state index contributed by atoms with van der Waals surface area (Å²) in [6.07, 6.45) is 54.9. The van der Waals surface area contributed by atoms with Crippen LogP contribution >= 0.6 is 7.82 Å². The Labute approximate surface area is 371 Å². The minimum absolute atomic E-state index is 0.0521. The van der Waals surface area contributed by atoms with Gasteiger partial charge in [-0.2, -0.15) is 0 Å². The van der Waals surface area contributed by atoms with E-state index < -0.39 is 20.0 Å². The number of rotatable bonds is 45. The average Bonchev–Trinajstić information content (AvgIpc) is 3.20. The van der Waals surface area contributed by atoms with E-state index in [9.17, 15) is 19.4 Å². The van der Waals surface area contributed by atoms with Crippen LogP contribution in [0.25, 0.3) is 0 Å². The van der Waals surface area contributed by atoms with E-state index in [-0.39, 0.29) is 19.1 Å². The van der Waals surface area contributed by atoms with Gasteiger partial charge in [0.15, 0.2) is 0 Å². The Morgan fingerprint density at radius 1 is 0.567 bits per heavy atom. The molecule has 0 aliphatic carbocycles. The highest BCUT2D eigenvalue weighted by atomic mass is 31.2. The Morgan fingerprint density at radius 3 is 1.50 bits per heavy atom. The van der Waals surface area contributed by atoms with E-state index in [1.165, 1.54) is 128 Å². The number of unbranched alkanes of at least 4 members (excludes halogenated alkanes) is 26. The molecule has 8 nitrogen and oxygen atoms in total. The normalized spacial score (nSPS) is 14.6. The number of nitrogens with zero attached hydrogens (tertiary/aromatic N) is 1. The summed E-state index contributed by atoms with van der Waals surface area (Å²) in [6, 6.07) is -0.871. The summed E-state index contributed by atoms with van der Waals surface area (Å²) in [5.74, 6) is -0.202. The van der Waals surface area contributed by atoms with Gasteiger partial charge in [0.2, 0.25) is 5.91 Å². The van der Waals surface area contributed by atoms with Crippen LogP contribution in [0.15, 0.2) is 48.6 Å². The summed E-state index contributed by atoms with van der Waals surface area (Å²) in [5, 5.41) is 13.8. The van der Waals surface area contributed by atoms with E-state index in [0.717, 1.165) is 70.6 Å². The molecule has 3 N–H and O–H groups in total. The number of phosphoric ester groups is 1. The minimum atomic E-state index is -4.35. The Bertz CT molecular complexity index is 1120. The summed E-state index contributed by atoms with van der Waals surface area (Å²) in [6.45, 7) is 4.72. The van der Waals surface area contributed by atoms with Crippen LogP contribution in [0.5, 0.6) is 0 Å². The first-order valence-electron chi connectivity index (χ1n) is 25.0. The van der Waals surface area contributed by atoms with Gasteiger partial charge in [0.1, 0.15) is 13.2 Å². The molecule has 0 fully saturated rings. The number of amides is 1. The second kappa shape index (κ2) is 42.7. The first-order valence-corrected chi connectivity index (χ1v) is 26.5. The van der Waals surface area contributed by atoms with Crippen molar-refractivity contribution in [1.29, 1.82) is 0 Å². The van der Waals surface area contributed by atoms with Gasteiger partial charge < -0.3 is 19.8 Å². The van der Waals surface area contributed by atoms with Gasteiger partial charge in [-0.1, -0.05) is 204 Å². The third kappa shape index (κ3) is 44.5. The topological polar surface area (TPSA) is 105 Å². The molecule has 0 aliphatic heterocycles. The Morgan fingerprint density at radius 2 is 1.00 bits per heavy atom. The second-order valence-corrected chi connectivity index (χ2v) is 19.6. The van der Waals surface area contributed by atoms with Gasteiger partial charge >= 0.3 is 7.82 Å². The molecule has 60 heavy (non-hydrogen) atoms. The lowest BCUT2D eigenvalue weighted by Crippen LogP contribution is -2.45. The first-order chi connectivity index (χ1) is 29.0. The molecule has 0 bridgehead atoms. The van der Waals surface area contributed by atoms with Gasteiger partial charge in [-0.25, -0.2) is 4.57 Å². The van der Waals surface area contributed by atoms with Crippen molar-refractivity contribution < 1.29 is 32.9 Å². The minimum Gasteiger partial charge on any atom is -0.387 e. The number of likely N-dealkylation sites (N-methyl/N-ethyl adjacent to an activating group) is 1. The number of aliphatic hydroxyl groups is 1. The summed E-state index contributed by atoms with van der Waals surface area (Å²) >= 11 is 0. The molecule has 0 heterocycles. The molecule has 3 atom stereocenters. The summed E-state index contributed by atoms with van der Waals surface area (Å²) < 4.78 is 23.6. The van der Waals surface area contributed by atoms with Gasteiger partial charge in [0, 0.05) is 6.42 Å². The fourth-order valence-corrected chi connectivity index (χ4v) is 7.77. The van der Waals surface area contributed by atoms with Crippen LogP contribution in [0.4, 0.5) is 0 Å². The number of allylic oxidation sites excluding steroid dienone is 7. The number of hydrogen-bond acceptors (Lipinski definition) is 5. The SMILES string of the molecule is CCC/C=C\C/C=C\CCCCCCCC(=O)NC(COP(=O)(O)OCC[N+](C)(C)C)C(O)/C=C/CC/C=C/CCCCCCCCCCCCCCCCCCCCC. The summed E-state index contributed by atoms with van der Waals surface area (Å²) in [5.41, 5.74) is 0. The van der Waals surface area contributed by atoms with Crippen molar-refractivity contribution in [1.82, 2.24) is 5.32 Å². The van der Waals surface area contributed by atoms with Crippen molar-refractivity contribution >= 4 is 13.7 Å². The quantitative estimate of drug-likeness (QED) is 0.0244. The Balaban J connectivity index is 4.31. The van der Waals surface area contributed by atoms with Crippen molar-refractivity contribution in [3.8, 4) is 0 Å². The number of carbonyl (C=O) groups excluding carboxylic acids is 1. The molecule has 0 aliphatic rings. The van der Waals surface area contributed by atoms with Crippen LogP contribution in [-0.2, 0) is 18.4 Å². The van der Waals surface area contributed by atoms with Crippen molar-refractivity contribution in [2.75, 3.05) is 40.9 Å². The largest absolute Gasteiger partial charge is 0.472 e. The fraction of sp³-hybridized carbons (Fsp3) is 0.824. The van der Waals surface area contributed by atoms with E-state index >= 15 is 0 Å². The standard InChI is InChI=1S/C51H97N2O6P/c1-6-8-10-12-14-16-18-20-21-22-23-24-25-26-27-28-29-30-31-33-34-36-38-40-42-44-50(54)49(48-59-60(56,57)58-47-46-53(3,4)5)52-51(55)45-43-41-39-37-35-32-19-17-15-13-11-9-7-2/h11,13,17,19,34,36,42,44,49-50,54H,6-10,12,14-16,18,20-33,35,37-41,43,45-48H2,1-5H3,(H-,52,55,56,57)/p+1/b13-11-,19-17-,36-34+,44-42+. The van der Waals surface area contributed by atoms with E-state index in [0.29, 0.717) is 17.4 Å². The molecule has 0 rings (SSSR count). The molecule has 9 heteroatoms. The van der Waals surface area contributed by atoms with Gasteiger partial charge in [0.05, 0.1) is 39.9 Å². The molecule has 0 saturated heterocycles. The second-order valence-electron chi connectivity index (χ2n) is 18.2. The number of carbonyl (C=O) groups is 1. The maximum absolute atomic E-state index is 12.9. The number of nitrogens with one attached hydrogen (secondary N) is 1. The predicted molar refractivity (Wildman–Crippen MR) is 258 cm³/mol. The maximum Gasteiger partial charge on any atom is 0.472 e. The first kappa shape index (κ1) is 58.5. The number of quaternary nitrogens is 1. The van der Waals surface area contributed by atoms with Crippen LogP contribution in [0.2, 0.25) is 0 Å². The van der Waals surface area contributed by atoms with E-state index in [1.54, 1.807) is 6.08 Å². The van der Waals surface area contributed by atoms with Gasteiger partial charge in [0.25, 0.3) is 0 Å². The monoisotopic (exact) mass is 866 g/mol. The average molecular weight is 866 g/mol. The highest BCUT2D eigenvalue weighted by Crippen LogP contribution is 2.43. The van der Waals surface area contributed by atoms with Crippen LogP contribution in [0.3, 0.4) is 0 Å². The smallest absolute Gasteiger partial charge is 0.387 e. The lowest BCUT2D eigenvalue weighted by molar-refractivity contribution is -0.870. The van der Waals surface area contributed by atoms with Gasteiger partial charge in [-0.05, 0) is 57.8 Å². The zero-order chi connectivity index (χ0) is 44.3.